The quantitative estimate of drug-likeness (QED) is 0.392. The molecule has 28 heavy (non-hydrogen) atoms. The summed E-state index contributed by atoms with van der Waals surface area (Å²) in [5, 5.41) is 6.49. The Bertz CT molecular complexity index is 751. The lowest BCUT2D eigenvalue weighted by Gasteiger charge is -2.16. The van der Waals surface area contributed by atoms with Crippen LogP contribution in [0, 0.1) is 6.92 Å². The van der Waals surface area contributed by atoms with Crippen molar-refractivity contribution in [3.63, 3.8) is 0 Å². The van der Waals surface area contributed by atoms with E-state index in [2.05, 4.69) is 22.5 Å². The zero-order chi connectivity index (χ0) is 20.4. The number of hydrogen-bond donors (Lipinski definition) is 2. The van der Waals surface area contributed by atoms with Crippen LogP contribution in [0.25, 0.3) is 0 Å². The number of rotatable bonds is 9. The minimum atomic E-state index is 0.536. The molecule has 0 aromatic heterocycles. The first-order chi connectivity index (χ1) is 13.6. The van der Waals surface area contributed by atoms with E-state index in [0.29, 0.717) is 42.9 Å². The molecule has 0 atom stereocenters. The Morgan fingerprint density at radius 1 is 0.929 bits per heavy atom. The lowest BCUT2D eigenvalue weighted by molar-refractivity contribution is 0.321. The van der Waals surface area contributed by atoms with Gasteiger partial charge in [0.25, 0.3) is 0 Å². The van der Waals surface area contributed by atoms with Gasteiger partial charge in [0, 0.05) is 13.6 Å². The first kappa shape index (κ1) is 21.2. The number of ether oxygens (including phenoxy) is 4. The van der Waals surface area contributed by atoms with Gasteiger partial charge in [0.05, 0.1) is 27.9 Å². The van der Waals surface area contributed by atoms with Crippen molar-refractivity contribution >= 4 is 5.96 Å². The van der Waals surface area contributed by atoms with Crippen LogP contribution >= 0.6 is 0 Å². The van der Waals surface area contributed by atoms with Crippen LogP contribution in [0.2, 0.25) is 0 Å². The van der Waals surface area contributed by atoms with Crippen LogP contribution in [0.4, 0.5) is 0 Å². The van der Waals surface area contributed by atoms with E-state index in [1.165, 1.54) is 5.56 Å². The van der Waals surface area contributed by atoms with Gasteiger partial charge in [-0.3, -0.25) is 4.99 Å². The molecule has 152 valence electrons. The second kappa shape index (κ2) is 10.9. The maximum atomic E-state index is 5.71. The van der Waals surface area contributed by atoms with Crippen LogP contribution in [0.1, 0.15) is 11.1 Å². The summed E-state index contributed by atoms with van der Waals surface area (Å²) in [4.78, 5) is 4.23. The number of guanidine groups is 1. The monoisotopic (exact) mass is 387 g/mol. The number of nitrogens with one attached hydrogen (secondary N) is 2. The Morgan fingerprint density at radius 2 is 1.57 bits per heavy atom. The molecular formula is C21H29N3O4. The van der Waals surface area contributed by atoms with Gasteiger partial charge in [0.1, 0.15) is 12.4 Å². The van der Waals surface area contributed by atoms with Gasteiger partial charge in [-0.15, -0.1) is 0 Å². The highest BCUT2D eigenvalue weighted by Crippen LogP contribution is 2.38. The van der Waals surface area contributed by atoms with E-state index in [1.54, 1.807) is 28.4 Å². The molecule has 2 aromatic rings. The summed E-state index contributed by atoms with van der Waals surface area (Å²) < 4.78 is 21.8. The fourth-order valence-electron chi connectivity index (χ4n) is 2.62. The first-order valence-corrected chi connectivity index (χ1v) is 9.04. The maximum Gasteiger partial charge on any atom is 0.203 e. The van der Waals surface area contributed by atoms with Crippen LogP contribution in [0.15, 0.2) is 41.4 Å². The zero-order valence-corrected chi connectivity index (χ0v) is 17.2. The van der Waals surface area contributed by atoms with E-state index in [4.69, 9.17) is 18.9 Å². The fraction of sp³-hybridized carbons (Fsp3) is 0.381. The summed E-state index contributed by atoms with van der Waals surface area (Å²) in [5.74, 6) is 3.35. The molecular weight excluding hydrogens is 358 g/mol. The number of methoxy groups -OCH3 is 3. The Kier molecular flexibility index (Phi) is 8.27. The van der Waals surface area contributed by atoms with Crippen molar-refractivity contribution in [3.8, 4) is 23.0 Å². The zero-order valence-electron chi connectivity index (χ0n) is 17.2. The van der Waals surface area contributed by atoms with E-state index in [0.717, 1.165) is 11.3 Å². The summed E-state index contributed by atoms with van der Waals surface area (Å²) in [5.41, 5.74) is 2.19. The summed E-state index contributed by atoms with van der Waals surface area (Å²) >= 11 is 0. The molecule has 0 fully saturated rings. The Labute approximate surface area is 166 Å². The first-order valence-electron chi connectivity index (χ1n) is 9.04. The number of hydrogen-bond acceptors (Lipinski definition) is 5. The predicted molar refractivity (Wildman–Crippen MR) is 111 cm³/mol. The van der Waals surface area contributed by atoms with Gasteiger partial charge in [-0.25, -0.2) is 0 Å². The van der Waals surface area contributed by atoms with Crippen LogP contribution in [-0.4, -0.2) is 47.5 Å². The van der Waals surface area contributed by atoms with Crippen molar-refractivity contribution in [1.29, 1.82) is 0 Å². The molecule has 0 heterocycles. The second-order valence-electron chi connectivity index (χ2n) is 6.05. The van der Waals surface area contributed by atoms with Gasteiger partial charge in [-0.1, -0.05) is 17.7 Å². The predicted octanol–water partition coefficient (Wildman–Crippen LogP) is 2.76. The third kappa shape index (κ3) is 5.97. The fourth-order valence-corrected chi connectivity index (χ4v) is 2.62. The number of aliphatic imine (C=N–C) groups is 1. The summed E-state index contributed by atoms with van der Waals surface area (Å²) in [6.45, 7) is 3.76. The van der Waals surface area contributed by atoms with Crippen LogP contribution in [-0.2, 0) is 6.54 Å². The molecule has 0 aliphatic heterocycles. The van der Waals surface area contributed by atoms with Gasteiger partial charge in [0.2, 0.25) is 5.75 Å². The highest BCUT2D eigenvalue weighted by molar-refractivity contribution is 5.79. The average Bonchev–Trinajstić information content (AvgIpc) is 2.73. The van der Waals surface area contributed by atoms with Gasteiger partial charge in [-0.05, 0) is 36.8 Å². The van der Waals surface area contributed by atoms with Gasteiger partial charge < -0.3 is 29.6 Å². The SMILES string of the molecule is CN=C(NCCOc1ccc(C)cc1)NCc1cc(OC)c(OC)c(OC)c1. The van der Waals surface area contributed by atoms with E-state index in [-0.39, 0.29) is 0 Å². The summed E-state index contributed by atoms with van der Waals surface area (Å²) in [7, 11) is 6.51. The van der Waals surface area contributed by atoms with E-state index < -0.39 is 0 Å². The molecule has 0 amide bonds. The van der Waals surface area contributed by atoms with Gasteiger partial charge in [-0.2, -0.15) is 0 Å². The Morgan fingerprint density at radius 3 is 2.11 bits per heavy atom. The molecule has 0 aliphatic rings. The molecule has 2 aromatic carbocycles. The molecule has 0 saturated heterocycles. The third-order valence-electron chi connectivity index (χ3n) is 4.09. The van der Waals surface area contributed by atoms with Crippen LogP contribution in [0.5, 0.6) is 23.0 Å². The number of aryl methyl sites for hydroxylation is 1. The van der Waals surface area contributed by atoms with Crippen molar-refractivity contribution < 1.29 is 18.9 Å². The van der Waals surface area contributed by atoms with Crippen molar-refractivity contribution in [3.05, 3.63) is 47.5 Å². The van der Waals surface area contributed by atoms with Crippen molar-refractivity contribution in [2.75, 3.05) is 41.5 Å². The highest BCUT2D eigenvalue weighted by atomic mass is 16.5. The number of benzene rings is 2. The second-order valence-corrected chi connectivity index (χ2v) is 6.05. The van der Waals surface area contributed by atoms with Crippen molar-refractivity contribution in [2.24, 2.45) is 4.99 Å². The molecule has 7 heteroatoms. The largest absolute Gasteiger partial charge is 0.493 e. The molecule has 2 rings (SSSR count). The molecule has 0 bridgehead atoms. The van der Waals surface area contributed by atoms with E-state index in [1.807, 2.05) is 36.4 Å². The highest BCUT2D eigenvalue weighted by Gasteiger charge is 2.13. The van der Waals surface area contributed by atoms with Crippen LogP contribution in [0.3, 0.4) is 0 Å². The smallest absolute Gasteiger partial charge is 0.203 e. The molecule has 0 spiro atoms. The minimum absolute atomic E-state index is 0.536. The summed E-state index contributed by atoms with van der Waals surface area (Å²) in [6.07, 6.45) is 0. The summed E-state index contributed by atoms with van der Waals surface area (Å²) in [6, 6.07) is 11.8. The Hall–Kier alpha value is -3.09. The lowest BCUT2D eigenvalue weighted by atomic mass is 10.2. The number of nitrogens with zero attached hydrogens (tertiary/aromatic N) is 1. The molecule has 2 N–H and O–H groups in total. The molecule has 0 radical (unpaired) electrons. The maximum absolute atomic E-state index is 5.71. The lowest BCUT2D eigenvalue weighted by Crippen LogP contribution is -2.38. The average molecular weight is 387 g/mol. The topological polar surface area (TPSA) is 73.3 Å². The minimum Gasteiger partial charge on any atom is -0.493 e. The standard InChI is InChI=1S/C21H29N3O4/c1-15-6-8-17(9-7-15)28-11-10-23-21(22-2)24-14-16-12-18(25-3)20(27-5)19(13-16)26-4/h6-9,12-13H,10-11,14H2,1-5H3,(H2,22,23,24). The van der Waals surface area contributed by atoms with Gasteiger partial charge in [0.15, 0.2) is 17.5 Å². The van der Waals surface area contributed by atoms with E-state index in [9.17, 15) is 0 Å². The van der Waals surface area contributed by atoms with Crippen LogP contribution < -0.4 is 29.6 Å². The molecule has 0 aliphatic carbocycles. The van der Waals surface area contributed by atoms with Gasteiger partial charge >= 0.3 is 0 Å². The van der Waals surface area contributed by atoms with Crippen molar-refractivity contribution in [1.82, 2.24) is 10.6 Å². The molecule has 7 nitrogen and oxygen atoms in total. The molecule has 0 saturated carbocycles. The van der Waals surface area contributed by atoms with Crippen molar-refractivity contribution in [2.45, 2.75) is 13.5 Å². The third-order valence-corrected chi connectivity index (χ3v) is 4.09. The van der Waals surface area contributed by atoms with E-state index >= 15 is 0 Å². The normalized spacial score (nSPS) is 11.0. The molecule has 0 unspecified atom stereocenters. The Balaban J connectivity index is 1.85.